The molecule has 24 heavy (non-hydrogen) atoms. The van der Waals surface area contributed by atoms with Crippen molar-refractivity contribution >= 4 is 11.6 Å². The molecule has 4 heteroatoms. The zero-order chi connectivity index (χ0) is 17.3. The molecule has 0 aromatic heterocycles. The van der Waals surface area contributed by atoms with Crippen molar-refractivity contribution in [1.82, 2.24) is 0 Å². The number of benzene rings is 2. The van der Waals surface area contributed by atoms with E-state index in [1.807, 2.05) is 12.1 Å². The van der Waals surface area contributed by atoms with E-state index in [4.69, 9.17) is 9.47 Å². The van der Waals surface area contributed by atoms with Crippen LogP contribution in [-0.2, 0) is 6.42 Å². The van der Waals surface area contributed by atoms with E-state index in [2.05, 4.69) is 0 Å². The van der Waals surface area contributed by atoms with Crippen LogP contribution in [0.1, 0.15) is 33.2 Å². The van der Waals surface area contributed by atoms with Crippen molar-refractivity contribution in [3.8, 4) is 11.5 Å². The van der Waals surface area contributed by atoms with E-state index in [-0.39, 0.29) is 11.6 Å². The molecule has 3 rings (SSSR count). The van der Waals surface area contributed by atoms with Crippen LogP contribution >= 0.6 is 0 Å². The lowest BCUT2D eigenvalue weighted by Crippen LogP contribution is -2.22. The van der Waals surface area contributed by atoms with Crippen LogP contribution in [0.5, 0.6) is 11.5 Å². The topological polar surface area (TPSA) is 52.6 Å². The van der Waals surface area contributed by atoms with Crippen molar-refractivity contribution in [2.75, 3.05) is 14.2 Å². The lowest BCUT2D eigenvalue weighted by Gasteiger charge is -2.19. The second kappa shape index (κ2) is 6.32. The maximum absolute atomic E-state index is 12.8. The first kappa shape index (κ1) is 16.0. The van der Waals surface area contributed by atoms with Crippen molar-refractivity contribution in [2.24, 2.45) is 0 Å². The summed E-state index contributed by atoms with van der Waals surface area (Å²) in [6.07, 6.45) is 0.359. The minimum atomic E-state index is -0.0931. The van der Waals surface area contributed by atoms with Crippen LogP contribution in [0.15, 0.2) is 53.6 Å². The summed E-state index contributed by atoms with van der Waals surface area (Å²) in [4.78, 5) is 25.4. The van der Waals surface area contributed by atoms with E-state index < -0.39 is 0 Å². The zero-order valence-electron chi connectivity index (χ0n) is 13.9. The van der Waals surface area contributed by atoms with Gasteiger partial charge in [0.1, 0.15) is 11.5 Å². The second-order valence-electron chi connectivity index (χ2n) is 5.71. The standard InChI is InChI=1S/C20H18O4/c1-12-18(10-13-8-14(23-2)11-15(9-13)24-3)20(22)17-7-5-4-6-16(17)19(12)21/h4-9,11H,10H2,1-3H3. The molecule has 0 saturated heterocycles. The number of ether oxygens (including phenoxy) is 2. The van der Waals surface area contributed by atoms with Gasteiger partial charge in [-0.2, -0.15) is 0 Å². The predicted octanol–water partition coefficient (Wildman–Crippen LogP) is 3.64. The van der Waals surface area contributed by atoms with Crippen molar-refractivity contribution in [3.63, 3.8) is 0 Å². The van der Waals surface area contributed by atoms with Crippen molar-refractivity contribution in [2.45, 2.75) is 13.3 Å². The minimum Gasteiger partial charge on any atom is -0.497 e. The molecular formula is C20H18O4. The first-order valence-corrected chi connectivity index (χ1v) is 7.65. The fourth-order valence-corrected chi connectivity index (χ4v) is 2.94. The maximum atomic E-state index is 12.8. The first-order chi connectivity index (χ1) is 11.5. The van der Waals surface area contributed by atoms with E-state index >= 15 is 0 Å². The molecule has 0 fully saturated rings. The highest BCUT2D eigenvalue weighted by atomic mass is 16.5. The summed E-state index contributed by atoms with van der Waals surface area (Å²) < 4.78 is 10.5. The van der Waals surface area contributed by atoms with E-state index in [0.29, 0.717) is 40.2 Å². The van der Waals surface area contributed by atoms with Crippen LogP contribution in [-0.4, -0.2) is 25.8 Å². The predicted molar refractivity (Wildman–Crippen MR) is 91.1 cm³/mol. The van der Waals surface area contributed by atoms with Gasteiger partial charge in [-0.1, -0.05) is 24.3 Å². The zero-order valence-corrected chi connectivity index (χ0v) is 13.9. The number of carbonyl (C=O) groups is 2. The third kappa shape index (κ3) is 2.71. The molecule has 0 radical (unpaired) electrons. The third-order valence-corrected chi connectivity index (χ3v) is 4.28. The molecule has 1 aliphatic rings. The molecule has 1 aliphatic carbocycles. The monoisotopic (exact) mass is 322 g/mol. The second-order valence-corrected chi connectivity index (χ2v) is 5.71. The Bertz CT molecular complexity index is 839. The Kier molecular flexibility index (Phi) is 4.21. The summed E-state index contributed by atoms with van der Waals surface area (Å²) in [5, 5.41) is 0. The summed E-state index contributed by atoms with van der Waals surface area (Å²) >= 11 is 0. The molecule has 122 valence electrons. The van der Waals surface area contributed by atoms with Crippen molar-refractivity contribution in [1.29, 1.82) is 0 Å². The van der Waals surface area contributed by atoms with Crippen LogP contribution in [0.2, 0.25) is 0 Å². The lowest BCUT2D eigenvalue weighted by atomic mass is 9.82. The highest BCUT2D eigenvalue weighted by Crippen LogP contribution is 2.30. The molecule has 0 amide bonds. The summed E-state index contributed by atoms with van der Waals surface area (Å²) in [5.74, 6) is 1.12. The number of Topliss-reactive ketones (excluding diaryl/α,β-unsaturated/α-hetero) is 2. The summed E-state index contributed by atoms with van der Waals surface area (Å²) in [5.41, 5.74) is 2.83. The molecule has 0 atom stereocenters. The van der Waals surface area contributed by atoms with Gasteiger partial charge in [0.05, 0.1) is 14.2 Å². The molecule has 0 spiro atoms. The van der Waals surface area contributed by atoms with Crippen molar-refractivity contribution < 1.29 is 19.1 Å². The number of rotatable bonds is 4. The molecule has 0 heterocycles. The Morgan fingerprint density at radius 3 is 1.92 bits per heavy atom. The third-order valence-electron chi connectivity index (χ3n) is 4.28. The summed E-state index contributed by atoms with van der Waals surface area (Å²) in [7, 11) is 3.16. The Hall–Kier alpha value is -2.88. The van der Waals surface area contributed by atoms with Gasteiger partial charge in [0.25, 0.3) is 0 Å². The Morgan fingerprint density at radius 2 is 1.38 bits per heavy atom. The van der Waals surface area contributed by atoms with E-state index in [1.54, 1.807) is 51.5 Å². The smallest absolute Gasteiger partial charge is 0.190 e. The van der Waals surface area contributed by atoms with Gasteiger partial charge in [-0.25, -0.2) is 0 Å². The van der Waals surface area contributed by atoms with Crippen LogP contribution in [0, 0.1) is 0 Å². The molecule has 0 N–H and O–H groups in total. The Labute approximate surface area is 140 Å². The molecule has 0 bridgehead atoms. The molecule has 4 nitrogen and oxygen atoms in total. The molecular weight excluding hydrogens is 304 g/mol. The number of ketones is 2. The van der Waals surface area contributed by atoms with Gasteiger partial charge in [0.15, 0.2) is 11.6 Å². The average molecular weight is 322 g/mol. The largest absolute Gasteiger partial charge is 0.497 e. The Morgan fingerprint density at radius 1 is 0.833 bits per heavy atom. The fraction of sp³-hybridized carbons (Fsp3) is 0.200. The number of fused-ring (bicyclic) bond motifs is 1. The highest BCUT2D eigenvalue weighted by molar-refractivity contribution is 6.26. The molecule has 2 aromatic rings. The van der Waals surface area contributed by atoms with E-state index in [0.717, 1.165) is 5.56 Å². The molecule has 0 saturated carbocycles. The van der Waals surface area contributed by atoms with Gasteiger partial charge >= 0.3 is 0 Å². The number of hydrogen-bond acceptors (Lipinski definition) is 4. The lowest BCUT2D eigenvalue weighted by molar-refractivity contribution is 0.0973. The minimum absolute atomic E-state index is 0.0879. The van der Waals surface area contributed by atoms with Gasteiger partial charge < -0.3 is 9.47 Å². The fourth-order valence-electron chi connectivity index (χ4n) is 2.94. The van der Waals surface area contributed by atoms with Gasteiger partial charge in [0.2, 0.25) is 0 Å². The summed E-state index contributed by atoms with van der Waals surface area (Å²) in [6.45, 7) is 1.71. The van der Waals surface area contributed by atoms with Crippen LogP contribution in [0.25, 0.3) is 0 Å². The number of methoxy groups -OCH3 is 2. The van der Waals surface area contributed by atoms with E-state index in [9.17, 15) is 9.59 Å². The number of allylic oxidation sites excluding steroid dienone is 2. The van der Waals surface area contributed by atoms with E-state index in [1.165, 1.54) is 0 Å². The first-order valence-electron chi connectivity index (χ1n) is 7.65. The van der Waals surface area contributed by atoms with Gasteiger partial charge in [-0.15, -0.1) is 0 Å². The van der Waals surface area contributed by atoms with Gasteiger partial charge in [0, 0.05) is 34.8 Å². The average Bonchev–Trinajstić information content (AvgIpc) is 2.63. The van der Waals surface area contributed by atoms with Crippen LogP contribution in [0.4, 0.5) is 0 Å². The number of carbonyl (C=O) groups excluding carboxylic acids is 2. The Balaban J connectivity index is 2.03. The number of hydrogen-bond donors (Lipinski definition) is 0. The highest BCUT2D eigenvalue weighted by Gasteiger charge is 2.29. The van der Waals surface area contributed by atoms with Gasteiger partial charge in [-0.05, 0) is 24.6 Å². The molecule has 2 aromatic carbocycles. The maximum Gasteiger partial charge on any atom is 0.190 e. The normalized spacial score (nSPS) is 13.8. The summed E-state index contributed by atoms with van der Waals surface area (Å²) in [6, 6.07) is 12.4. The van der Waals surface area contributed by atoms with Crippen LogP contribution in [0.3, 0.4) is 0 Å². The SMILES string of the molecule is COc1cc(CC2=C(C)C(=O)c3ccccc3C2=O)cc(OC)c1. The molecule has 0 aliphatic heterocycles. The quantitative estimate of drug-likeness (QED) is 0.862. The van der Waals surface area contributed by atoms with Crippen LogP contribution < -0.4 is 9.47 Å². The van der Waals surface area contributed by atoms with Gasteiger partial charge in [-0.3, -0.25) is 9.59 Å². The molecule has 0 unspecified atom stereocenters. The van der Waals surface area contributed by atoms with Crippen molar-refractivity contribution in [3.05, 3.63) is 70.3 Å².